The topological polar surface area (TPSA) is 182 Å². The summed E-state index contributed by atoms with van der Waals surface area (Å²) in [5.41, 5.74) is 4.02. The van der Waals surface area contributed by atoms with Gasteiger partial charge >= 0.3 is 6.09 Å². The van der Waals surface area contributed by atoms with E-state index in [-0.39, 0.29) is 44.1 Å². The van der Waals surface area contributed by atoms with Gasteiger partial charge in [-0.1, -0.05) is 11.6 Å². The molecule has 0 saturated carbocycles. The molecule has 0 radical (unpaired) electrons. The number of pyridine rings is 1. The second kappa shape index (κ2) is 13.8. The van der Waals surface area contributed by atoms with Crippen LogP contribution in [0.15, 0.2) is 65.5 Å². The van der Waals surface area contributed by atoms with Gasteiger partial charge in [-0.25, -0.2) is 35.8 Å². The van der Waals surface area contributed by atoms with E-state index in [1.807, 2.05) is 0 Å². The number of sulfonamides is 1. The number of aryl methyl sites for hydroxylation is 1. The Labute approximate surface area is 301 Å². The molecule has 274 valence electrons. The van der Waals surface area contributed by atoms with E-state index in [1.54, 1.807) is 0 Å². The van der Waals surface area contributed by atoms with Crippen LogP contribution < -0.4 is 20.3 Å². The molecule has 53 heavy (non-hydrogen) atoms. The van der Waals surface area contributed by atoms with Crippen molar-refractivity contribution in [3.63, 3.8) is 0 Å². The molecule has 6 rings (SSSR count). The van der Waals surface area contributed by atoms with Crippen molar-refractivity contribution in [3.8, 4) is 17.3 Å². The number of carbonyl (C=O) groups is 2. The highest BCUT2D eigenvalue weighted by Gasteiger charge is 2.32. The molecule has 0 fully saturated rings. The molecule has 3 aromatic heterocycles. The number of hydrogen-bond donors (Lipinski definition) is 1. The highest BCUT2D eigenvalue weighted by Crippen LogP contribution is 2.38. The number of hydrogen-bond acceptors (Lipinski definition) is 10. The van der Waals surface area contributed by atoms with Crippen LogP contribution in [-0.2, 0) is 33.0 Å². The zero-order chi connectivity index (χ0) is 38.5. The van der Waals surface area contributed by atoms with Gasteiger partial charge in [0.1, 0.15) is 17.5 Å². The maximum atomic E-state index is 14.5. The van der Waals surface area contributed by atoms with Gasteiger partial charge in [0.05, 0.1) is 33.3 Å². The Morgan fingerprint density at radius 2 is 1.68 bits per heavy atom. The van der Waals surface area contributed by atoms with E-state index >= 15 is 0 Å². The highest BCUT2D eigenvalue weighted by atomic mass is 35.5. The minimum absolute atomic E-state index is 0.0128. The molecule has 0 aliphatic heterocycles. The first kappa shape index (κ1) is 36.7. The lowest BCUT2D eigenvalue weighted by atomic mass is 10.1. The molecule has 2 N–H and O–H groups in total. The average Bonchev–Trinajstić information content (AvgIpc) is 3.37. The minimum atomic E-state index is -4.26. The van der Waals surface area contributed by atoms with Gasteiger partial charge in [-0.15, -0.1) is 0 Å². The second-order valence-electron chi connectivity index (χ2n) is 11.5. The highest BCUT2D eigenvalue weighted by molar-refractivity contribution is 7.92. The van der Waals surface area contributed by atoms with Crippen LogP contribution in [0.2, 0.25) is 5.02 Å². The Bertz CT molecular complexity index is 2650. The van der Waals surface area contributed by atoms with E-state index in [1.165, 1.54) is 31.3 Å². The van der Waals surface area contributed by atoms with Gasteiger partial charge in [-0.05, 0) is 48.0 Å². The number of ether oxygens (including phenoxy) is 2. The zero-order valence-electron chi connectivity index (χ0n) is 27.5. The van der Waals surface area contributed by atoms with E-state index in [9.17, 15) is 40.4 Å². The van der Waals surface area contributed by atoms with Crippen LogP contribution in [0.3, 0.4) is 0 Å². The quantitative estimate of drug-likeness (QED) is 0.188. The number of anilines is 1. The molecule has 0 aliphatic carbocycles. The van der Waals surface area contributed by atoms with Gasteiger partial charge in [-0.3, -0.25) is 18.8 Å². The fourth-order valence-electron chi connectivity index (χ4n) is 5.71. The van der Waals surface area contributed by atoms with Gasteiger partial charge in [0.25, 0.3) is 5.56 Å². The Morgan fingerprint density at radius 1 is 0.981 bits per heavy atom. The normalized spacial score (nSPS) is 12.2. The molecule has 1 unspecified atom stereocenters. The Morgan fingerprint density at radius 3 is 2.30 bits per heavy atom. The molecule has 2 amide bonds. The summed E-state index contributed by atoms with van der Waals surface area (Å²) >= 11 is 6.56. The minimum Gasteiger partial charge on any atom is -0.438 e. The third-order valence-corrected chi connectivity index (χ3v) is 9.09. The first-order valence-electron chi connectivity index (χ1n) is 15.1. The molecule has 3 heterocycles. The molecular formula is C33H24ClF4N7O7S. The smallest absolute Gasteiger partial charge is 0.405 e. The molecule has 6 aromatic rings. The predicted octanol–water partition coefficient (Wildman–Crippen LogP) is 5.36. The fourth-order valence-corrected chi connectivity index (χ4v) is 6.86. The van der Waals surface area contributed by atoms with E-state index in [0.29, 0.717) is 16.4 Å². The molecule has 3 aromatic carbocycles. The first-order chi connectivity index (χ1) is 24.9. The molecule has 20 heteroatoms. The van der Waals surface area contributed by atoms with Crippen molar-refractivity contribution in [1.29, 1.82) is 0 Å². The Kier molecular flexibility index (Phi) is 9.56. The van der Waals surface area contributed by atoms with Crippen LogP contribution in [0.1, 0.15) is 24.4 Å². The van der Waals surface area contributed by atoms with Crippen molar-refractivity contribution in [3.05, 3.63) is 111 Å². The largest absolute Gasteiger partial charge is 0.438 e. The summed E-state index contributed by atoms with van der Waals surface area (Å²) in [6.07, 6.45) is -2.78. The van der Waals surface area contributed by atoms with Crippen LogP contribution in [-0.4, -0.2) is 51.0 Å². The van der Waals surface area contributed by atoms with Crippen LogP contribution in [0.4, 0.5) is 28.2 Å². The summed E-state index contributed by atoms with van der Waals surface area (Å²) < 4.78 is 95.3. The fraction of sp³-hybridized carbons (Fsp3) is 0.152. The van der Waals surface area contributed by atoms with Gasteiger partial charge < -0.3 is 15.2 Å². The van der Waals surface area contributed by atoms with Crippen molar-refractivity contribution < 1.29 is 45.0 Å². The molecule has 1 atom stereocenters. The molecule has 0 bridgehead atoms. The number of aromatic nitrogens is 5. The third-order valence-electron chi connectivity index (χ3n) is 7.68. The zero-order valence-corrected chi connectivity index (χ0v) is 29.0. The van der Waals surface area contributed by atoms with Crippen molar-refractivity contribution in [2.45, 2.75) is 19.4 Å². The van der Waals surface area contributed by atoms with Gasteiger partial charge in [0.15, 0.2) is 35.0 Å². The van der Waals surface area contributed by atoms with E-state index < -0.39 is 80.8 Å². The van der Waals surface area contributed by atoms with Crippen molar-refractivity contribution >= 4 is 61.4 Å². The predicted molar refractivity (Wildman–Crippen MR) is 182 cm³/mol. The lowest BCUT2D eigenvalue weighted by Gasteiger charge is -2.22. The van der Waals surface area contributed by atoms with E-state index in [4.69, 9.17) is 26.8 Å². The Balaban J connectivity index is 1.66. The number of fused-ring (bicyclic) bond motifs is 2. The van der Waals surface area contributed by atoms with Crippen molar-refractivity contribution in [2.24, 2.45) is 12.8 Å². The number of nitrogens with zero attached hydrogens (tertiary/aromatic N) is 6. The SMILES string of the molecule is CC(=O)N(c1nn(C)c2c(-n3c(C(Cc4cc(F)cc(F)c4)OC(N)=O)nc4nc(Oc5ccc(F)cc5F)ccc4c3=O)ccc(Cl)c12)S(C)(=O)=O. The molecule has 0 aliphatic rings. The average molecular weight is 774 g/mol. The third kappa shape index (κ3) is 7.20. The van der Waals surface area contributed by atoms with Crippen LogP contribution in [0.25, 0.3) is 27.6 Å². The molecule has 0 spiro atoms. The number of amides is 2. The van der Waals surface area contributed by atoms with Crippen molar-refractivity contribution in [1.82, 2.24) is 24.3 Å². The first-order valence-corrected chi connectivity index (χ1v) is 17.3. The van der Waals surface area contributed by atoms with E-state index in [0.717, 1.165) is 46.7 Å². The summed E-state index contributed by atoms with van der Waals surface area (Å²) in [4.78, 5) is 48.1. The van der Waals surface area contributed by atoms with Gasteiger partial charge in [-0.2, -0.15) is 14.4 Å². The Hall–Kier alpha value is -6.08. The van der Waals surface area contributed by atoms with Gasteiger partial charge in [0, 0.05) is 38.6 Å². The number of benzene rings is 3. The maximum Gasteiger partial charge on any atom is 0.405 e. The second-order valence-corrected chi connectivity index (χ2v) is 13.7. The van der Waals surface area contributed by atoms with Crippen LogP contribution in [0, 0.1) is 23.3 Å². The standard InChI is InChI=1S/C33H24ClF4N7O7S/c1-15(46)45(53(3,49)50)31-27-21(34)6-7-23(28(27)43(2)42-31)44-30(25(52-33(39)48)12-16-10-18(36)13-19(37)11-16)41-29-20(32(44)47)5-9-26(40-29)51-24-8-4-17(35)14-22(24)38/h4-11,13-14,25H,12H2,1-3H3,(H2,39,48). The van der Waals surface area contributed by atoms with E-state index in [2.05, 4.69) is 15.1 Å². The lowest BCUT2D eigenvalue weighted by Crippen LogP contribution is -2.34. The van der Waals surface area contributed by atoms with Crippen molar-refractivity contribution in [2.75, 3.05) is 10.6 Å². The summed E-state index contributed by atoms with van der Waals surface area (Å²) in [6, 6.07) is 10.1. The summed E-state index contributed by atoms with van der Waals surface area (Å²) in [5, 5.41) is 3.88. The molecule has 14 nitrogen and oxygen atoms in total. The van der Waals surface area contributed by atoms with Crippen LogP contribution >= 0.6 is 11.6 Å². The molecule has 0 saturated heterocycles. The number of carbonyl (C=O) groups excluding carboxylic acids is 2. The maximum absolute atomic E-state index is 14.5. The number of halogens is 5. The van der Waals surface area contributed by atoms with Gasteiger partial charge in [0.2, 0.25) is 21.8 Å². The monoisotopic (exact) mass is 773 g/mol. The molecular weight excluding hydrogens is 750 g/mol. The summed E-state index contributed by atoms with van der Waals surface area (Å²) in [6.45, 7) is 0.992. The number of primary amides is 1. The number of nitrogens with two attached hydrogens (primary N) is 1. The summed E-state index contributed by atoms with van der Waals surface area (Å²) in [5.74, 6) is -6.34. The lowest BCUT2D eigenvalue weighted by molar-refractivity contribution is -0.115. The number of rotatable bonds is 9. The summed E-state index contributed by atoms with van der Waals surface area (Å²) in [7, 11) is -2.89. The van der Waals surface area contributed by atoms with Crippen LogP contribution in [0.5, 0.6) is 11.6 Å².